The average Bonchev–Trinajstić information content (AvgIpc) is 3.04. The predicted octanol–water partition coefficient (Wildman–Crippen LogP) is 4.20. The molecule has 2 aromatic heterocycles. The van der Waals surface area contributed by atoms with Crippen molar-refractivity contribution >= 4 is 34.5 Å². The maximum Gasteiger partial charge on any atom is 0.331 e. The number of carboxylic acids is 1. The number of carbonyl (C=O) groups is 1. The van der Waals surface area contributed by atoms with Crippen LogP contribution in [0.3, 0.4) is 0 Å². The van der Waals surface area contributed by atoms with E-state index in [0.29, 0.717) is 17.0 Å². The van der Waals surface area contributed by atoms with E-state index in [-0.39, 0.29) is 0 Å². The van der Waals surface area contributed by atoms with Gasteiger partial charge in [0.05, 0.1) is 11.2 Å². The van der Waals surface area contributed by atoms with Crippen LogP contribution in [0.2, 0.25) is 5.02 Å². The molecule has 0 aliphatic heterocycles. The molecule has 3 aromatic rings. The van der Waals surface area contributed by atoms with Crippen molar-refractivity contribution < 1.29 is 9.90 Å². The lowest BCUT2D eigenvalue weighted by Gasteiger charge is -2.09. The largest absolute Gasteiger partial charge is 0.478 e. The molecule has 1 N–H and O–H groups in total. The van der Waals surface area contributed by atoms with Crippen LogP contribution in [0.1, 0.15) is 24.6 Å². The standard InChI is InChI=1S/C18H18ClN3O2/c1-4-12(18(23)24)10-15-11(2)20-21(3)17(15)22-8-7-13-9-14(19)5-6-16(13)22/h5-10H,4H2,1-3H3,(H,23,24)/b12-10+. The topological polar surface area (TPSA) is 60.0 Å². The van der Waals surface area contributed by atoms with Crippen LogP contribution in [0.15, 0.2) is 36.0 Å². The van der Waals surface area contributed by atoms with Gasteiger partial charge < -0.3 is 9.67 Å². The minimum atomic E-state index is -0.907. The number of carboxylic acid groups (broad SMARTS) is 1. The zero-order valence-electron chi connectivity index (χ0n) is 13.7. The highest BCUT2D eigenvalue weighted by molar-refractivity contribution is 6.31. The van der Waals surface area contributed by atoms with Gasteiger partial charge in [0.1, 0.15) is 5.82 Å². The van der Waals surface area contributed by atoms with Crippen molar-refractivity contribution in [2.24, 2.45) is 7.05 Å². The normalized spacial score (nSPS) is 12.1. The minimum absolute atomic E-state index is 0.354. The molecule has 0 atom stereocenters. The number of aryl methyl sites for hydroxylation is 2. The maximum atomic E-state index is 11.4. The van der Waals surface area contributed by atoms with E-state index in [1.165, 1.54) is 0 Å². The first kappa shape index (κ1) is 16.3. The van der Waals surface area contributed by atoms with Crippen LogP contribution < -0.4 is 0 Å². The maximum absolute atomic E-state index is 11.4. The summed E-state index contributed by atoms with van der Waals surface area (Å²) in [5, 5.41) is 15.5. The first-order valence-electron chi connectivity index (χ1n) is 7.66. The van der Waals surface area contributed by atoms with Crippen LogP contribution in [0, 0.1) is 6.92 Å². The van der Waals surface area contributed by atoms with Crippen molar-refractivity contribution in [3.63, 3.8) is 0 Å². The van der Waals surface area contributed by atoms with Gasteiger partial charge in [0.25, 0.3) is 0 Å². The Balaban J connectivity index is 2.26. The molecule has 0 spiro atoms. The van der Waals surface area contributed by atoms with Gasteiger partial charge in [0.15, 0.2) is 0 Å². The summed E-state index contributed by atoms with van der Waals surface area (Å²) in [6.45, 7) is 3.71. The Labute approximate surface area is 144 Å². The second-order valence-electron chi connectivity index (χ2n) is 5.66. The van der Waals surface area contributed by atoms with Crippen molar-refractivity contribution in [3.05, 3.63) is 52.3 Å². The summed E-state index contributed by atoms with van der Waals surface area (Å²) in [5.41, 5.74) is 2.94. The third kappa shape index (κ3) is 2.71. The van der Waals surface area contributed by atoms with E-state index in [0.717, 1.165) is 28.0 Å². The number of hydrogen-bond donors (Lipinski definition) is 1. The lowest BCUT2D eigenvalue weighted by atomic mass is 10.1. The van der Waals surface area contributed by atoms with Crippen LogP contribution in [0.25, 0.3) is 22.8 Å². The Kier molecular flexibility index (Phi) is 4.20. The lowest BCUT2D eigenvalue weighted by molar-refractivity contribution is -0.132. The second kappa shape index (κ2) is 6.17. The third-order valence-electron chi connectivity index (χ3n) is 4.09. The molecule has 1 aromatic carbocycles. The van der Waals surface area contributed by atoms with E-state index in [4.69, 9.17) is 11.6 Å². The lowest BCUT2D eigenvalue weighted by Crippen LogP contribution is -2.04. The fourth-order valence-electron chi connectivity index (χ4n) is 2.90. The molecular weight excluding hydrogens is 326 g/mol. The van der Waals surface area contributed by atoms with Crippen LogP contribution in [0.5, 0.6) is 0 Å². The molecular formula is C18H18ClN3O2. The van der Waals surface area contributed by atoms with Gasteiger partial charge in [-0.05, 0) is 43.7 Å². The Hall–Kier alpha value is -2.53. The van der Waals surface area contributed by atoms with Crippen molar-refractivity contribution in [1.82, 2.24) is 14.3 Å². The van der Waals surface area contributed by atoms with Gasteiger partial charge in [-0.1, -0.05) is 18.5 Å². The van der Waals surface area contributed by atoms with E-state index in [1.807, 2.05) is 55.9 Å². The van der Waals surface area contributed by atoms with Gasteiger partial charge in [-0.25, -0.2) is 4.79 Å². The molecule has 2 heterocycles. The van der Waals surface area contributed by atoms with E-state index >= 15 is 0 Å². The van der Waals surface area contributed by atoms with Gasteiger partial charge in [0.2, 0.25) is 0 Å². The highest BCUT2D eigenvalue weighted by atomic mass is 35.5. The molecule has 0 radical (unpaired) electrons. The summed E-state index contributed by atoms with van der Waals surface area (Å²) >= 11 is 6.06. The smallest absolute Gasteiger partial charge is 0.331 e. The number of halogens is 1. The number of aliphatic carboxylic acids is 1. The molecule has 0 aliphatic carbocycles. The Morgan fingerprint density at radius 2 is 2.12 bits per heavy atom. The third-order valence-corrected chi connectivity index (χ3v) is 4.33. The van der Waals surface area contributed by atoms with E-state index in [2.05, 4.69) is 5.10 Å². The van der Waals surface area contributed by atoms with Crippen molar-refractivity contribution in [3.8, 4) is 5.82 Å². The van der Waals surface area contributed by atoms with Crippen LogP contribution in [0.4, 0.5) is 0 Å². The molecule has 0 fully saturated rings. The number of rotatable bonds is 4. The number of benzene rings is 1. The van der Waals surface area contributed by atoms with Crippen molar-refractivity contribution in [1.29, 1.82) is 0 Å². The van der Waals surface area contributed by atoms with E-state index in [1.54, 1.807) is 10.8 Å². The Morgan fingerprint density at radius 3 is 2.79 bits per heavy atom. The summed E-state index contributed by atoms with van der Waals surface area (Å²) in [7, 11) is 1.85. The quantitative estimate of drug-likeness (QED) is 0.722. The van der Waals surface area contributed by atoms with Crippen LogP contribution in [-0.4, -0.2) is 25.4 Å². The highest BCUT2D eigenvalue weighted by Gasteiger charge is 2.17. The molecule has 5 nitrogen and oxygen atoms in total. The summed E-state index contributed by atoms with van der Waals surface area (Å²) in [6.07, 6.45) is 4.11. The predicted molar refractivity (Wildman–Crippen MR) is 95.7 cm³/mol. The summed E-state index contributed by atoms with van der Waals surface area (Å²) < 4.78 is 3.77. The first-order valence-corrected chi connectivity index (χ1v) is 8.04. The molecule has 124 valence electrons. The molecule has 0 bridgehead atoms. The summed E-state index contributed by atoms with van der Waals surface area (Å²) in [5.74, 6) is -0.0760. The highest BCUT2D eigenvalue weighted by Crippen LogP contribution is 2.28. The second-order valence-corrected chi connectivity index (χ2v) is 6.10. The van der Waals surface area contributed by atoms with Gasteiger partial charge in [-0.15, -0.1) is 0 Å². The molecule has 0 saturated heterocycles. The SMILES string of the molecule is CC/C(=C\c1c(C)nn(C)c1-n1ccc2cc(Cl)ccc21)C(=O)O. The van der Waals surface area contributed by atoms with Gasteiger partial charge >= 0.3 is 5.97 Å². The minimum Gasteiger partial charge on any atom is -0.478 e. The zero-order valence-corrected chi connectivity index (χ0v) is 14.5. The molecule has 0 saturated carbocycles. The van der Waals surface area contributed by atoms with E-state index in [9.17, 15) is 9.90 Å². The van der Waals surface area contributed by atoms with E-state index < -0.39 is 5.97 Å². The summed E-state index contributed by atoms with van der Waals surface area (Å²) in [4.78, 5) is 11.4. The molecule has 3 rings (SSSR count). The molecule has 0 aliphatic rings. The Bertz CT molecular complexity index is 966. The molecule has 0 unspecified atom stereocenters. The monoisotopic (exact) mass is 343 g/mol. The van der Waals surface area contributed by atoms with Crippen molar-refractivity contribution in [2.45, 2.75) is 20.3 Å². The number of fused-ring (bicyclic) bond motifs is 1. The summed E-state index contributed by atoms with van der Waals surface area (Å²) in [6, 6.07) is 7.68. The van der Waals surface area contributed by atoms with Gasteiger partial charge in [-0.3, -0.25) is 4.68 Å². The molecule has 24 heavy (non-hydrogen) atoms. The van der Waals surface area contributed by atoms with Crippen LogP contribution in [-0.2, 0) is 11.8 Å². The zero-order chi connectivity index (χ0) is 17.4. The average molecular weight is 344 g/mol. The van der Waals surface area contributed by atoms with Gasteiger partial charge in [-0.2, -0.15) is 5.10 Å². The van der Waals surface area contributed by atoms with Crippen LogP contribution >= 0.6 is 11.6 Å². The fourth-order valence-corrected chi connectivity index (χ4v) is 3.08. The molecule has 0 amide bonds. The number of nitrogens with zero attached hydrogens (tertiary/aromatic N) is 3. The van der Waals surface area contributed by atoms with Crippen molar-refractivity contribution in [2.75, 3.05) is 0 Å². The Morgan fingerprint density at radius 1 is 1.38 bits per heavy atom. The molecule has 6 heteroatoms. The first-order chi connectivity index (χ1) is 11.4. The van der Waals surface area contributed by atoms with Gasteiger partial charge in [0, 0.05) is 34.8 Å². The number of hydrogen-bond acceptors (Lipinski definition) is 2. The fraction of sp³-hybridized carbons (Fsp3) is 0.222. The number of aromatic nitrogens is 3.